The molecule has 2 aliphatic rings. The molecule has 1 aliphatic heterocycles. The van der Waals surface area contributed by atoms with E-state index in [2.05, 4.69) is 41.3 Å². The van der Waals surface area contributed by atoms with Crippen molar-refractivity contribution in [2.45, 2.75) is 18.3 Å². The van der Waals surface area contributed by atoms with Gasteiger partial charge in [0.2, 0.25) is 0 Å². The zero-order valence-corrected chi connectivity index (χ0v) is 10.5. The van der Waals surface area contributed by atoms with Crippen molar-refractivity contribution in [3.8, 4) is 0 Å². The van der Waals surface area contributed by atoms with Gasteiger partial charge in [-0.1, -0.05) is 31.9 Å². The van der Waals surface area contributed by atoms with Gasteiger partial charge in [0.25, 0.3) is 0 Å². The van der Waals surface area contributed by atoms with E-state index in [1.807, 2.05) is 0 Å². The van der Waals surface area contributed by atoms with Gasteiger partial charge in [-0.25, -0.2) is 0 Å². The number of hydrogen-bond donors (Lipinski definition) is 0. The minimum Gasteiger partial charge on any atom is -0.428 e. The van der Waals surface area contributed by atoms with E-state index in [9.17, 15) is 17.6 Å². The summed E-state index contributed by atoms with van der Waals surface area (Å²) >= 11 is 5.97. The van der Waals surface area contributed by atoms with Crippen molar-refractivity contribution in [1.82, 2.24) is 0 Å². The van der Waals surface area contributed by atoms with Gasteiger partial charge < -0.3 is 4.74 Å². The number of fused-ring (bicyclic) bond motifs is 1. The molecule has 0 aromatic carbocycles. The molecular weight excluding hydrogens is 364 g/mol. The first-order valence-electron chi connectivity index (χ1n) is 3.96. The summed E-state index contributed by atoms with van der Waals surface area (Å²) in [5.74, 6) is -0.378. The molecule has 0 aromatic rings. The lowest BCUT2D eigenvalue weighted by Gasteiger charge is -2.39. The van der Waals surface area contributed by atoms with Crippen LogP contribution < -0.4 is 0 Å². The maximum absolute atomic E-state index is 12.8. The molecule has 0 N–H and O–H groups in total. The molecule has 0 aromatic heterocycles. The summed E-state index contributed by atoms with van der Waals surface area (Å²) < 4.78 is 59.7. The van der Waals surface area contributed by atoms with E-state index in [0.29, 0.717) is 4.48 Å². The number of alkyl halides is 4. The number of hydrogen-bond acceptors (Lipinski definition) is 2. The molecule has 0 spiro atoms. The third-order valence-electron chi connectivity index (χ3n) is 1.92. The second-order valence-electron chi connectivity index (χ2n) is 3.09. The summed E-state index contributed by atoms with van der Waals surface area (Å²) in [4.78, 5) is 0.173. The Morgan fingerprint density at radius 2 is 1.69 bits per heavy atom. The normalized spacial score (nSPS) is 32.2. The summed E-state index contributed by atoms with van der Waals surface area (Å²) in [7, 11) is 0. The number of rotatable bonds is 0. The van der Waals surface area contributed by atoms with Crippen molar-refractivity contribution in [1.29, 1.82) is 0 Å². The van der Waals surface area contributed by atoms with E-state index in [1.54, 1.807) is 0 Å². The van der Waals surface area contributed by atoms with E-state index in [1.165, 1.54) is 6.08 Å². The van der Waals surface area contributed by atoms with Gasteiger partial charge in [-0.05, 0) is 12.2 Å². The molecule has 1 fully saturated rings. The third kappa shape index (κ3) is 1.91. The lowest BCUT2D eigenvalue weighted by atomic mass is 10.1. The molecule has 16 heavy (non-hydrogen) atoms. The topological polar surface area (TPSA) is 18.5 Å². The first-order chi connectivity index (χ1) is 7.23. The Balaban J connectivity index is 2.35. The highest BCUT2D eigenvalue weighted by atomic mass is 79.9. The van der Waals surface area contributed by atoms with Crippen molar-refractivity contribution in [2.24, 2.45) is 0 Å². The van der Waals surface area contributed by atoms with Crippen LogP contribution in [0, 0.1) is 4.83 Å². The quantitative estimate of drug-likeness (QED) is 0.609. The lowest BCUT2D eigenvalue weighted by molar-refractivity contribution is -0.454. The molecule has 1 saturated heterocycles. The van der Waals surface area contributed by atoms with Gasteiger partial charge in [0.15, 0.2) is 0 Å². The maximum atomic E-state index is 12.8. The van der Waals surface area contributed by atoms with Crippen LogP contribution >= 0.6 is 31.9 Å². The third-order valence-corrected chi connectivity index (χ3v) is 3.02. The lowest BCUT2D eigenvalue weighted by Crippen LogP contribution is -2.53. The van der Waals surface area contributed by atoms with E-state index in [-0.39, 0.29) is 10.6 Å². The van der Waals surface area contributed by atoms with Crippen molar-refractivity contribution >= 4 is 31.9 Å². The van der Waals surface area contributed by atoms with Gasteiger partial charge in [-0.15, -0.1) is 0 Å². The summed E-state index contributed by atoms with van der Waals surface area (Å²) in [6.45, 7) is 0. The number of allylic oxidation sites excluding steroid dienone is 2. The second-order valence-corrected chi connectivity index (χ2v) is 4.93. The Bertz CT molecular complexity index is 380. The average Bonchev–Trinajstić information content (AvgIpc) is 2.08. The Morgan fingerprint density at radius 3 is 2.31 bits per heavy atom. The smallest absolute Gasteiger partial charge is 0.428 e. The van der Waals surface area contributed by atoms with Crippen LogP contribution in [0.25, 0.3) is 0 Å². The highest BCUT2D eigenvalue weighted by Gasteiger charge is 2.67. The predicted molar refractivity (Wildman–Crippen MR) is 53.1 cm³/mol. The van der Waals surface area contributed by atoms with Crippen molar-refractivity contribution in [3.63, 3.8) is 0 Å². The predicted octanol–water partition coefficient (Wildman–Crippen LogP) is 3.69. The van der Waals surface area contributed by atoms with Crippen LogP contribution in [0.2, 0.25) is 0 Å². The number of ether oxygens (including phenoxy) is 2. The average molecular weight is 367 g/mol. The van der Waals surface area contributed by atoms with E-state index in [4.69, 9.17) is 0 Å². The molecule has 0 amide bonds. The molecule has 89 valence electrons. The Labute approximate surface area is 105 Å². The van der Waals surface area contributed by atoms with Crippen LogP contribution in [0.4, 0.5) is 17.6 Å². The molecule has 8 heteroatoms. The highest BCUT2D eigenvalue weighted by Crippen LogP contribution is 2.49. The van der Waals surface area contributed by atoms with Crippen molar-refractivity contribution < 1.29 is 27.0 Å². The van der Waals surface area contributed by atoms with Gasteiger partial charge in [0.05, 0.1) is 0 Å². The second kappa shape index (κ2) is 3.71. The maximum Gasteiger partial charge on any atom is 0.493 e. The fourth-order valence-corrected chi connectivity index (χ4v) is 2.56. The minimum absolute atomic E-state index is 0.173. The Morgan fingerprint density at radius 1 is 1.06 bits per heavy atom. The molecular formula is C8H3Br2F4O2. The Kier molecular flexibility index (Phi) is 2.87. The summed E-state index contributed by atoms with van der Waals surface area (Å²) in [5.41, 5.74) is 0. The molecule has 1 radical (unpaired) electrons. The van der Waals surface area contributed by atoms with Gasteiger partial charge in [-0.3, -0.25) is 4.74 Å². The molecule has 1 atom stereocenters. The fraction of sp³-hybridized carbons (Fsp3) is 0.375. The van der Waals surface area contributed by atoms with Crippen LogP contribution in [-0.4, -0.2) is 18.3 Å². The molecule has 0 saturated carbocycles. The first kappa shape index (κ1) is 12.4. The van der Waals surface area contributed by atoms with E-state index in [0.717, 1.165) is 6.08 Å². The van der Waals surface area contributed by atoms with E-state index < -0.39 is 18.3 Å². The first-order valence-corrected chi connectivity index (χ1v) is 5.55. The SMILES string of the molecule is FC1(F)OC2=CC(Br)=C[C](Br)C2OC1(F)F. The fourth-order valence-electron chi connectivity index (χ4n) is 1.22. The van der Waals surface area contributed by atoms with Crippen molar-refractivity contribution in [3.05, 3.63) is 27.2 Å². The van der Waals surface area contributed by atoms with Gasteiger partial charge in [0.1, 0.15) is 16.7 Å². The monoisotopic (exact) mass is 365 g/mol. The number of halogens is 6. The summed E-state index contributed by atoms with van der Waals surface area (Å²) in [6.07, 6.45) is -8.12. The largest absolute Gasteiger partial charge is 0.493 e. The van der Waals surface area contributed by atoms with Gasteiger partial charge >= 0.3 is 12.2 Å². The van der Waals surface area contributed by atoms with Crippen LogP contribution in [0.3, 0.4) is 0 Å². The van der Waals surface area contributed by atoms with Crippen LogP contribution in [-0.2, 0) is 9.47 Å². The molecule has 2 nitrogen and oxygen atoms in total. The van der Waals surface area contributed by atoms with Crippen LogP contribution in [0.15, 0.2) is 22.4 Å². The van der Waals surface area contributed by atoms with Crippen LogP contribution in [0.5, 0.6) is 0 Å². The van der Waals surface area contributed by atoms with Crippen molar-refractivity contribution in [2.75, 3.05) is 0 Å². The zero-order chi connectivity index (χ0) is 12.1. The Hall–Kier alpha value is -0.0800. The standard InChI is InChI=1S/C8H3Br2F4O2/c9-3-1-4(10)6-5(2-3)15-7(11,12)8(13,14)16-6/h1-2,6H. The summed E-state index contributed by atoms with van der Waals surface area (Å²) in [6, 6.07) is 0. The summed E-state index contributed by atoms with van der Waals surface area (Å²) in [5, 5.41) is 0. The molecule has 2 rings (SSSR count). The molecule has 1 heterocycles. The van der Waals surface area contributed by atoms with Gasteiger partial charge in [0, 0.05) is 4.48 Å². The zero-order valence-electron chi connectivity index (χ0n) is 7.32. The molecule has 0 bridgehead atoms. The molecule has 1 unspecified atom stereocenters. The highest BCUT2D eigenvalue weighted by molar-refractivity contribution is 9.12. The van der Waals surface area contributed by atoms with Gasteiger partial charge in [-0.2, -0.15) is 17.6 Å². The minimum atomic E-state index is -4.67. The van der Waals surface area contributed by atoms with Crippen LogP contribution in [0.1, 0.15) is 0 Å². The van der Waals surface area contributed by atoms with E-state index >= 15 is 0 Å². The molecule has 1 aliphatic carbocycles.